The zero-order valence-electron chi connectivity index (χ0n) is 9.47. The van der Waals surface area contributed by atoms with Crippen LogP contribution in [0.25, 0.3) is 0 Å². The first-order valence-electron chi connectivity index (χ1n) is 5.02. The Labute approximate surface area is 106 Å². The molecule has 0 spiro atoms. The zero-order valence-corrected chi connectivity index (χ0v) is 10.3. The molecule has 0 aliphatic rings. The van der Waals surface area contributed by atoms with Crippen LogP contribution in [-0.2, 0) is 11.2 Å². The van der Waals surface area contributed by atoms with Gasteiger partial charge >= 0.3 is 0 Å². The van der Waals surface area contributed by atoms with E-state index in [4.69, 9.17) is 10.3 Å². The first-order chi connectivity index (χ1) is 8.54. The van der Waals surface area contributed by atoms with E-state index in [1.165, 1.54) is 5.38 Å². The smallest absolute Gasteiger partial charge is 0.268 e. The number of amides is 2. The van der Waals surface area contributed by atoms with E-state index in [1.807, 2.05) is 0 Å². The quantitative estimate of drug-likeness (QED) is 0.846. The minimum absolute atomic E-state index is 0.0861. The van der Waals surface area contributed by atoms with Gasteiger partial charge in [0.25, 0.3) is 5.91 Å². The highest BCUT2D eigenvalue weighted by atomic mass is 32.1. The largest absolute Gasteiger partial charge is 0.364 e. The van der Waals surface area contributed by atoms with Crippen LogP contribution in [0.5, 0.6) is 0 Å². The molecular formula is C10H10N4O3S. The fraction of sp³-hybridized carbons (Fsp3) is 0.200. The minimum Gasteiger partial charge on any atom is -0.364 e. The number of primary amides is 1. The summed E-state index contributed by atoms with van der Waals surface area (Å²) < 4.78 is 4.85. The van der Waals surface area contributed by atoms with Crippen LogP contribution in [0.2, 0.25) is 0 Å². The summed E-state index contributed by atoms with van der Waals surface area (Å²) in [5.74, 6) is -0.268. The van der Waals surface area contributed by atoms with E-state index >= 15 is 0 Å². The summed E-state index contributed by atoms with van der Waals surface area (Å²) in [6.45, 7) is 1.74. The molecule has 94 valence electrons. The number of aromatic nitrogens is 2. The molecule has 0 radical (unpaired) electrons. The van der Waals surface area contributed by atoms with Crippen LogP contribution in [0.15, 0.2) is 16.0 Å². The molecule has 2 heterocycles. The van der Waals surface area contributed by atoms with Crippen molar-refractivity contribution >= 4 is 28.3 Å². The van der Waals surface area contributed by atoms with Crippen LogP contribution in [-0.4, -0.2) is 22.0 Å². The lowest BCUT2D eigenvalue weighted by molar-refractivity contribution is -0.115. The van der Waals surface area contributed by atoms with Gasteiger partial charge in [0.1, 0.15) is 11.5 Å². The Hall–Kier alpha value is -2.22. The van der Waals surface area contributed by atoms with Gasteiger partial charge in [-0.25, -0.2) is 4.98 Å². The molecule has 2 amide bonds. The number of nitrogens with two attached hydrogens (primary N) is 1. The molecule has 2 aromatic heterocycles. The van der Waals surface area contributed by atoms with E-state index in [0.717, 1.165) is 11.3 Å². The van der Waals surface area contributed by atoms with E-state index in [1.54, 1.807) is 13.0 Å². The number of nitrogens with one attached hydrogen (secondary N) is 1. The fourth-order valence-corrected chi connectivity index (χ4v) is 1.99. The standard InChI is InChI=1S/C10H10N4O3S/c1-5-2-6(14-17-5)3-8(15)13-10-12-7(4-18-10)9(11)16/h2,4H,3H2,1H3,(H2,11,16)(H,12,13,15). The second kappa shape index (κ2) is 4.96. The van der Waals surface area contributed by atoms with Crippen molar-refractivity contribution in [2.45, 2.75) is 13.3 Å². The van der Waals surface area contributed by atoms with Gasteiger partial charge in [0, 0.05) is 11.4 Å². The average molecular weight is 266 g/mol. The van der Waals surface area contributed by atoms with Crippen molar-refractivity contribution < 1.29 is 14.1 Å². The normalized spacial score (nSPS) is 10.3. The lowest BCUT2D eigenvalue weighted by Crippen LogP contribution is -2.15. The summed E-state index contributed by atoms with van der Waals surface area (Å²) in [6.07, 6.45) is 0.0861. The van der Waals surface area contributed by atoms with Gasteiger partial charge in [-0.3, -0.25) is 9.59 Å². The Morgan fingerprint density at radius 3 is 2.89 bits per heavy atom. The molecule has 0 fully saturated rings. The summed E-state index contributed by atoms with van der Waals surface area (Å²) in [5.41, 5.74) is 5.72. The number of nitrogens with zero attached hydrogens (tertiary/aromatic N) is 2. The third-order valence-corrected chi connectivity index (χ3v) is 2.78. The van der Waals surface area contributed by atoms with Crippen LogP contribution in [0.3, 0.4) is 0 Å². The number of carbonyl (C=O) groups is 2. The third-order valence-electron chi connectivity index (χ3n) is 2.02. The molecule has 3 N–H and O–H groups in total. The van der Waals surface area contributed by atoms with Gasteiger partial charge in [-0.2, -0.15) is 0 Å². The maximum Gasteiger partial charge on any atom is 0.268 e. The first-order valence-corrected chi connectivity index (χ1v) is 5.90. The van der Waals surface area contributed by atoms with Gasteiger partial charge in [-0.15, -0.1) is 11.3 Å². The van der Waals surface area contributed by atoms with Crippen LogP contribution < -0.4 is 11.1 Å². The second-order valence-electron chi connectivity index (χ2n) is 3.56. The Balaban J connectivity index is 1.96. The summed E-state index contributed by atoms with van der Waals surface area (Å²) in [7, 11) is 0. The van der Waals surface area contributed by atoms with E-state index in [9.17, 15) is 9.59 Å². The fourth-order valence-electron chi connectivity index (χ4n) is 1.27. The van der Waals surface area contributed by atoms with E-state index in [-0.39, 0.29) is 18.0 Å². The Bertz CT molecular complexity index is 589. The van der Waals surface area contributed by atoms with Crippen LogP contribution in [0, 0.1) is 6.92 Å². The maximum absolute atomic E-state index is 11.6. The molecule has 0 saturated carbocycles. The predicted molar refractivity (Wildman–Crippen MR) is 64.2 cm³/mol. The monoisotopic (exact) mass is 266 g/mol. The van der Waals surface area contributed by atoms with Crippen LogP contribution >= 0.6 is 11.3 Å². The Morgan fingerprint density at radius 1 is 1.56 bits per heavy atom. The molecule has 2 aromatic rings. The number of aryl methyl sites for hydroxylation is 1. The van der Waals surface area contributed by atoms with Gasteiger partial charge in [-0.05, 0) is 6.92 Å². The molecule has 0 atom stereocenters. The van der Waals surface area contributed by atoms with Crippen LogP contribution in [0.4, 0.5) is 5.13 Å². The molecule has 0 saturated heterocycles. The lowest BCUT2D eigenvalue weighted by Gasteiger charge is -1.97. The number of carbonyl (C=O) groups excluding carboxylic acids is 2. The Kier molecular flexibility index (Phi) is 3.38. The van der Waals surface area contributed by atoms with Crippen molar-refractivity contribution in [2.24, 2.45) is 5.73 Å². The second-order valence-corrected chi connectivity index (χ2v) is 4.41. The molecule has 0 aromatic carbocycles. The number of anilines is 1. The highest BCUT2D eigenvalue weighted by Crippen LogP contribution is 2.15. The van der Waals surface area contributed by atoms with Crippen molar-refractivity contribution in [3.63, 3.8) is 0 Å². The molecule has 7 nitrogen and oxygen atoms in total. The molecular weight excluding hydrogens is 256 g/mol. The molecule has 2 rings (SSSR count). The number of hydrogen-bond acceptors (Lipinski definition) is 6. The lowest BCUT2D eigenvalue weighted by atomic mass is 10.3. The van der Waals surface area contributed by atoms with Gasteiger partial charge in [0.2, 0.25) is 5.91 Å². The number of rotatable bonds is 4. The molecule has 8 heteroatoms. The summed E-state index contributed by atoms with van der Waals surface area (Å²) in [6, 6.07) is 1.68. The van der Waals surface area contributed by atoms with Crippen LogP contribution in [0.1, 0.15) is 21.9 Å². The predicted octanol–water partition coefficient (Wildman–Crippen LogP) is 0.720. The number of thiazole rings is 1. The Morgan fingerprint density at radius 2 is 2.33 bits per heavy atom. The first kappa shape index (κ1) is 12.2. The van der Waals surface area contributed by atoms with Gasteiger partial charge in [-0.1, -0.05) is 5.16 Å². The van der Waals surface area contributed by atoms with E-state index in [0.29, 0.717) is 16.6 Å². The molecule has 0 unspecified atom stereocenters. The van der Waals surface area contributed by atoms with Gasteiger partial charge in [0.15, 0.2) is 5.13 Å². The summed E-state index contributed by atoms with van der Waals surface area (Å²) in [5, 5.41) is 8.07. The SMILES string of the molecule is Cc1cc(CC(=O)Nc2nc(C(N)=O)cs2)no1. The topological polar surface area (TPSA) is 111 Å². The molecule has 0 bridgehead atoms. The third kappa shape index (κ3) is 2.92. The highest BCUT2D eigenvalue weighted by molar-refractivity contribution is 7.14. The average Bonchev–Trinajstić information content (AvgIpc) is 2.88. The zero-order chi connectivity index (χ0) is 13.1. The van der Waals surface area contributed by atoms with E-state index < -0.39 is 5.91 Å². The van der Waals surface area contributed by atoms with Crippen molar-refractivity contribution in [1.29, 1.82) is 0 Å². The number of hydrogen-bond donors (Lipinski definition) is 2. The molecule has 0 aliphatic heterocycles. The summed E-state index contributed by atoms with van der Waals surface area (Å²) >= 11 is 1.13. The van der Waals surface area contributed by atoms with Crippen molar-refractivity contribution in [2.75, 3.05) is 5.32 Å². The maximum atomic E-state index is 11.6. The van der Waals surface area contributed by atoms with Crippen molar-refractivity contribution in [1.82, 2.24) is 10.1 Å². The van der Waals surface area contributed by atoms with Crippen molar-refractivity contribution in [3.05, 3.63) is 28.6 Å². The molecule has 0 aliphatic carbocycles. The van der Waals surface area contributed by atoms with E-state index in [2.05, 4.69) is 15.5 Å². The molecule has 18 heavy (non-hydrogen) atoms. The highest BCUT2D eigenvalue weighted by Gasteiger charge is 2.11. The minimum atomic E-state index is -0.626. The van der Waals surface area contributed by atoms with Gasteiger partial charge in [0.05, 0.1) is 12.1 Å². The van der Waals surface area contributed by atoms with Crippen molar-refractivity contribution in [3.8, 4) is 0 Å². The summed E-state index contributed by atoms with van der Waals surface area (Å²) in [4.78, 5) is 26.3. The van der Waals surface area contributed by atoms with Gasteiger partial charge < -0.3 is 15.6 Å².